The van der Waals surface area contributed by atoms with Crippen LogP contribution in [-0.4, -0.2) is 53.2 Å². The molecule has 0 spiro atoms. The summed E-state index contributed by atoms with van der Waals surface area (Å²) in [6.45, 7) is 0.529. The molecule has 2 aromatic carbocycles. The quantitative estimate of drug-likeness (QED) is 0.446. The minimum atomic E-state index is -0.565. The number of pyridine rings is 1. The zero-order chi connectivity index (χ0) is 25.2. The van der Waals surface area contributed by atoms with Gasteiger partial charge in [0.25, 0.3) is 5.91 Å². The van der Waals surface area contributed by atoms with Crippen LogP contribution in [0.4, 0.5) is 9.18 Å². The standard InChI is InChI=1S/C26H24Cl2FN3O4/c27-16-2-10-23-15(11-16)1-9-24(31-23)25(33)30-17-3-5-18(6-4-17)32-13-20(36-26(32)34)14-35-19-7-8-21(28)22(29)12-19/h1-2,7-12,17-18,20H,3-6,13-14H2,(H,30,33). The number of benzene rings is 2. The number of hydrogen-bond donors (Lipinski definition) is 1. The van der Waals surface area contributed by atoms with Gasteiger partial charge in [0.05, 0.1) is 17.1 Å². The van der Waals surface area contributed by atoms with Gasteiger partial charge in [0.2, 0.25) is 0 Å². The van der Waals surface area contributed by atoms with E-state index in [0.717, 1.165) is 31.1 Å². The molecule has 2 fully saturated rings. The molecule has 1 aromatic heterocycles. The lowest BCUT2D eigenvalue weighted by Gasteiger charge is -2.33. The first-order valence-electron chi connectivity index (χ1n) is 11.8. The molecule has 1 atom stereocenters. The molecule has 0 radical (unpaired) electrons. The second kappa shape index (κ2) is 10.5. The van der Waals surface area contributed by atoms with E-state index >= 15 is 0 Å². The van der Waals surface area contributed by atoms with Crippen molar-refractivity contribution in [1.82, 2.24) is 15.2 Å². The van der Waals surface area contributed by atoms with Crippen molar-refractivity contribution < 1.29 is 23.5 Å². The number of ether oxygens (including phenoxy) is 2. The zero-order valence-electron chi connectivity index (χ0n) is 19.3. The first-order chi connectivity index (χ1) is 17.4. The van der Waals surface area contributed by atoms with Crippen molar-refractivity contribution in [2.45, 2.75) is 43.9 Å². The smallest absolute Gasteiger partial charge is 0.410 e. The van der Waals surface area contributed by atoms with Gasteiger partial charge in [-0.25, -0.2) is 14.2 Å². The third-order valence-electron chi connectivity index (χ3n) is 6.59. The fourth-order valence-corrected chi connectivity index (χ4v) is 4.99. The van der Waals surface area contributed by atoms with E-state index < -0.39 is 11.9 Å². The van der Waals surface area contributed by atoms with Crippen LogP contribution < -0.4 is 10.1 Å². The lowest BCUT2D eigenvalue weighted by molar-refractivity contribution is 0.0900. The molecule has 1 unspecified atom stereocenters. The third kappa shape index (κ3) is 5.50. The highest BCUT2D eigenvalue weighted by atomic mass is 35.5. The highest BCUT2D eigenvalue weighted by molar-refractivity contribution is 6.31. The average molecular weight is 532 g/mol. The second-order valence-corrected chi connectivity index (χ2v) is 9.90. The Balaban J connectivity index is 1.10. The number of aromatic nitrogens is 1. The molecule has 3 aromatic rings. The van der Waals surface area contributed by atoms with Gasteiger partial charge in [-0.05, 0) is 62.1 Å². The molecule has 1 saturated carbocycles. The van der Waals surface area contributed by atoms with Crippen molar-refractivity contribution in [3.8, 4) is 5.75 Å². The molecule has 7 nitrogen and oxygen atoms in total. The van der Waals surface area contributed by atoms with Crippen LogP contribution in [0.5, 0.6) is 5.75 Å². The number of cyclic esters (lactones) is 1. The van der Waals surface area contributed by atoms with Gasteiger partial charge in [-0.1, -0.05) is 29.3 Å². The van der Waals surface area contributed by atoms with Gasteiger partial charge in [-0.2, -0.15) is 0 Å². The van der Waals surface area contributed by atoms with Gasteiger partial charge in [0.15, 0.2) is 6.10 Å². The van der Waals surface area contributed by atoms with Crippen molar-refractivity contribution >= 4 is 46.1 Å². The van der Waals surface area contributed by atoms with Gasteiger partial charge in [-0.3, -0.25) is 4.79 Å². The topological polar surface area (TPSA) is 80.8 Å². The summed E-state index contributed by atoms with van der Waals surface area (Å²) in [6.07, 6.45) is 2.17. The van der Waals surface area contributed by atoms with E-state index in [9.17, 15) is 14.0 Å². The van der Waals surface area contributed by atoms with Crippen molar-refractivity contribution in [3.63, 3.8) is 0 Å². The lowest BCUT2D eigenvalue weighted by atomic mass is 9.90. The maximum atomic E-state index is 13.6. The zero-order valence-corrected chi connectivity index (χ0v) is 20.8. The van der Waals surface area contributed by atoms with Gasteiger partial charge in [0.1, 0.15) is 23.9 Å². The Labute approximate surface area is 217 Å². The highest BCUT2D eigenvalue weighted by Gasteiger charge is 2.38. The number of nitrogens with one attached hydrogen (secondary N) is 1. The summed E-state index contributed by atoms with van der Waals surface area (Å²) in [6, 6.07) is 13.1. The molecule has 1 saturated heterocycles. The van der Waals surface area contributed by atoms with Crippen LogP contribution >= 0.6 is 23.2 Å². The molecule has 188 valence electrons. The maximum Gasteiger partial charge on any atom is 0.410 e. The molecular formula is C26H24Cl2FN3O4. The van der Waals surface area contributed by atoms with Gasteiger partial charge >= 0.3 is 6.09 Å². The minimum Gasteiger partial charge on any atom is -0.490 e. The Morgan fingerprint density at radius 1 is 1.11 bits per heavy atom. The lowest BCUT2D eigenvalue weighted by Crippen LogP contribution is -2.44. The number of hydrogen-bond acceptors (Lipinski definition) is 5. The highest BCUT2D eigenvalue weighted by Crippen LogP contribution is 2.28. The molecule has 1 N–H and O–H groups in total. The Bertz CT molecular complexity index is 1300. The predicted octanol–water partition coefficient (Wildman–Crippen LogP) is 5.62. The van der Waals surface area contributed by atoms with E-state index in [0.29, 0.717) is 28.5 Å². The number of halogens is 3. The summed E-state index contributed by atoms with van der Waals surface area (Å²) in [7, 11) is 0. The number of nitrogens with zero attached hydrogens (tertiary/aromatic N) is 2. The predicted molar refractivity (Wildman–Crippen MR) is 134 cm³/mol. The summed E-state index contributed by atoms with van der Waals surface area (Å²) in [5, 5.41) is 4.58. The van der Waals surface area contributed by atoms with Crippen LogP contribution in [0.2, 0.25) is 10.0 Å². The average Bonchev–Trinajstić information content (AvgIpc) is 3.25. The number of fused-ring (bicyclic) bond motifs is 1. The molecular weight excluding hydrogens is 508 g/mol. The van der Waals surface area contributed by atoms with Crippen molar-refractivity contribution in [2.75, 3.05) is 13.2 Å². The van der Waals surface area contributed by atoms with Crippen LogP contribution in [0, 0.1) is 5.82 Å². The third-order valence-corrected chi connectivity index (χ3v) is 7.13. The molecule has 2 heterocycles. The fraction of sp³-hybridized carbons (Fsp3) is 0.346. The number of carbonyl (C=O) groups excluding carboxylic acids is 2. The molecule has 0 bridgehead atoms. The fourth-order valence-electron chi connectivity index (χ4n) is 4.70. The largest absolute Gasteiger partial charge is 0.490 e. The van der Waals surface area contributed by atoms with E-state index in [-0.39, 0.29) is 35.7 Å². The first kappa shape index (κ1) is 24.6. The van der Waals surface area contributed by atoms with Gasteiger partial charge in [0, 0.05) is 28.6 Å². The molecule has 5 rings (SSSR count). The van der Waals surface area contributed by atoms with Crippen LogP contribution in [-0.2, 0) is 4.74 Å². The summed E-state index contributed by atoms with van der Waals surface area (Å²) < 4.78 is 24.6. The molecule has 2 aliphatic rings. The molecule has 2 amide bonds. The van der Waals surface area contributed by atoms with E-state index in [1.54, 1.807) is 29.2 Å². The Kier molecular flexibility index (Phi) is 7.16. The van der Waals surface area contributed by atoms with Crippen molar-refractivity contribution in [2.24, 2.45) is 0 Å². The van der Waals surface area contributed by atoms with E-state index in [2.05, 4.69) is 10.3 Å². The molecule has 1 aliphatic heterocycles. The monoisotopic (exact) mass is 531 g/mol. The number of amides is 2. The van der Waals surface area contributed by atoms with Gasteiger partial charge < -0.3 is 19.7 Å². The SMILES string of the molecule is O=C(NC1CCC(N2CC(COc3ccc(Cl)c(F)c3)OC2=O)CC1)c1ccc2cc(Cl)ccc2n1. The Morgan fingerprint density at radius 2 is 1.92 bits per heavy atom. The normalized spacial score (nSPS) is 21.9. The summed E-state index contributed by atoms with van der Waals surface area (Å²) in [5.41, 5.74) is 1.07. The Morgan fingerprint density at radius 3 is 2.69 bits per heavy atom. The summed E-state index contributed by atoms with van der Waals surface area (Å²) in [4.78, 5) is 31.4. The first-order valence-corrected chi connectivity index (χ1v) is 12.5. The molecule has 36 heavy (non-hydrogen) atoms. The van der Waals surface area contributed by atoms with Gasteiger partial charge in [-0.15, -0.1) is 0 Å². The summed E-state index contributed by atoms with van der Waals surface area (Å²) >= 11 is 11.7. The van der Waals surface area contributed by atoms with E-state index in [1.807, 2.05) is 12.1 Å². The van der Waals surface area contributed by atoms with Crippen LogP contribution in [0.3, 0.4) is 0 Å². The number of rotatable bonds is 6. The van der Waals surface area contributed by atoms with E-state index in [1.165, 1.54) is 12.1 Å². The molecule has 1 aliphatic carbocycles. The minimum absolute atomic E-state index is 0.00835. The van der Waals surface area contributed by atoms with Crippen molar-refractivity contribution in [1.29, 1.82) is 0 Å². The maximum absolute atomic E-state index is 13.6. The molecule has 10 heteroatoms. The van der Waals surface area contributed by atoms with Crippen LogP contribution in [0.1, 0.15) is 36.2 Å². The Hall–Kier alpha value is -3.10. The van der Waals surface area contributed by atoms with Crippen LogP contribution in [0.25, 0.3) is 10.9 Å². The van der Waals surface area contributed by atoms with Crippen molar-refractivity contribution in [3.05, 3.63) is 70.1 Å². The van der Waals surface area contributed by atoms with E-state index in [4.69, 9.17) is 32.7 Å². The number of carbonyl (C=O) groups is 2. The second-order valence-electron chi connectivity index (χ2n) is 9.06. The summed E-state index contributed by atoms with van der Waals surface area (Å²) in [5.74, 6) is -0.455. The van der Waals surface area contributed by atoms with Crippen LogP contribution in [0.15, 0.2) is 48.5 Å².